The highest BCUT2D eigenvalue weighted by Crippen LogP contribution is 2.25. The Balaban J connectivity index is 1.27. The van der Waals surface area contributed by atoms with Crippen LogP contribution in [-0.4, -0.2) is 50.1 Å². The van der Waals surface area contributed by atoms with Crippen molar-refractivity contribution in [2.24, 2.45) is 5.92 Å². The number of thiophene rings is 1. The zero-order valence-electron chi connectivity index (χ0n) is 18.0. The first-order valence-corrected chi connectivity index (χ1v) is 11.9. The number of benzene rings is 1. The van der Waals surface area contributed by atoms with Gasteiger partial charge in [0.05, 0.1) is 18.0 Å². The van der Waals surface area contributed by atoms with Gasteiger partial charge in [-0.3, -0.25) is 4.79 Å². The van der Waals surface area contributed by atoms with Crippen LogP contribution in [0.15, 0.2) is 29.6 Å². The molecule has 0 atom stereocenters. The first-order valence-electron chi connectivity index (χ1n) is 11.0. The molecule has 2 saturated heterocycles. The fourth-order valence-corrected chi connectivity index (χ4v) is 5.74. The highest BCUT2D eigenvalue weighted by Gasteiger charge is 2.32. The minimum Gasteiger partial charge on any atom is -0.368 e. The molecule has 3 heterocycles. The number of piperidine rings is 1. The Bertz CT molecular complexity index is 846. The van der Waals surface area contributed by atoms with Crippen LogP contribution in [0.3, 0.4) is 0 Å². The second-order valence-corrected chi connectivity index (χ2v) is 9.76. The smallest absolute Gasteiger partial charge is 0.226 e. The lowest BCUT2D eigenvalue weighted by Crippen LogP contribution is -3.11. The highest BCUT2D eigenvalue weighted by atomic mass is 32.1. The molecule has 29 heavy (non-hydrogen) atoms. The average Bonchev–Trinajstić information content (AvgIpc) is 3.15. The van der Waals surface area contributed by atoms with Gasteiger partial charge in [-0.25, -0.2) is 0 Å². The second kappa shape index (κ2) is 8.88. The SMILES string of the molecule is Cc1ccsc1C[NH+]1CCC(C(=O)N2CCN(c3cccc(C)c3C)CC2)CC1. The van der Waals surface area contributed by atoms with Gasteiger partial charge < -0.3 is 14.7 Å². The van der Waals surface area contributed by atoms with E-state index in [1.165, 1.54) is 27.3 Å². The molecule has 2 aliphatic rings. The molecule has 2 aromatic rings. The monoisotopic (exact) mass is 412 g/mol. The number of quaternary nitrogens is 1. The topological polar surface area (TPSA) is 28.0 Å². The van der Waals surface area contributed by atoms with Gasteiger partial charge in [-0.2, -0.15) is 0 Å². The van der Waals surface area contributed by atoms with Crippen molar-refractivity contribution in [2.75, 3.05) is 44.2 Å². The highest BCUT2D eigenvalue weighted by molar-refractivity contribution is 7.10. The van der Waals surface area contributed by atoms with Crippen molar-refractivity contribution < 1.29 is 9.69 Å². The molecular formula is C24H34N3OS+. The molecule has 0 aliphatic carbocycles. The van der Waals surface area contributed by atoms with Crippen LogP contribution < -0.4 is 9.80 Å². The normalized spacial score (nSPS) is 22.7. The fraction of sp³-hybridized carbons (Fsp3) is 0.542. The summed E-state index contributed by atoms with van der Waals surface area (Å²) in [6.45, 7) is 13.5. The van der Waals surface area contributed by atoms with Crippen molar-refractivity contribution in [3.63, 3.8) is 0 Å². The first kappa shape index (κ1) is 20.4. The van der Waals surface area contributed by atoms with E-state index in [-0.39, 0.29) is 5.92 Å². The number of aryl methyl sites for hydroxylation is 2. The van der Waals surface area contributed by atoms with Crippen molar-refractivity contribution in [3.05, 3.63) is 51.2 Å². The second-order valence-electron chi connectivity index (χ2n) is 8.76. The summed E-state index contributed by atoms with van der Waals surface area (Å²) in [6.07, 6.45) is 2.07. The molecule has 1 amide bonds. The van der Waals surface area contributed by atoms with Gasteiger partial charge in [-0.15, -0.1) is 11.3 Å². The summed E-state index contributed by atoms with van der Waals surface area (Å²) in [4.78, 5) is 20.8. The molecule has 1 N–H and O–H groups in total. The fourth-order valence-electron chi connectivity index (χ4n) is 4.77. The Kier molecular flexibility index (Phi) is 6.26. The Labute approximate surface area is 179 Å². The third-order valence-electron chi connectivity index (χ3n) is 6.93. The lowest BCUT2D eigenvalue weighted by Gasteiger charge is -2.39. The number of carbonyl (C=O) groups excluding carboxylic acids is 1. The van der Waals surface area contributed by atoms with Crippen molar-refractivity contribution in [2.45, 2.75) is 40.2 Å². The molecule has 0 saturated carbocycles. The first-order chi connectivity index (χ1) is 14.0. The summed E-state index contributed by atoms with van der Waals surface area (Å²) in [6, 6.07) is 8.75. The number of piperazine rings is 1. The van der Waals surface area contributed by atoms with Gasteiger partial charge >= 0.3 is 0 Å². The van der Waals surface area contributed by atoms with Crippen LogP contribution in [0.2, 0.25) is 0 Å². The standard InChI is InChI=1S/C24H33N3OS/c1-18-5-4-6-22(20(18)3)26-12-14-27(15-13-26)24(28)21-7-10-25(11-8-21)17-23-19(2)9-16-29-23/h4-6,9,16,21H,7-8,10-15,17H2,1-3H3/p+1. The molecule has 2 aliphatic heterocycles. The van der Waals surface area contributed by atoms with Crippen LogP contribution >= 0.6 is 11.3 Å². The van der Waals surface area contributed by atoms with Gasteiger partial charge in [0.2, 0.25) is 5.91 Å². The zero-order valence-corrected chi connectivity index (χ0v) is 18.9. The minimum atomic E-state index is 0.232. The van der Waals surface area contributed by atoms with Crippen molar-refractivity contribution in [1.29, 1.82) is 0 Å². The number of nitrogens with zero attached hydrogens (tertiary/aromatic N) is 2. The summed E-state index contributed by atoms with van der Waals surface area (Å²) in [5.41, 5.74) is 5.46. The van der Waals surface area contributed by atoms with Crippen molar-refractivity contribution in [1.82, 2.24) is 4.90 Å². The van der Waals surface area contributed by atoms with Gasteiger partial charge in [0.25, 0.3) is 0 Å². The molecule has 0 unspecified atom stereocenters. The van der Waals surface area contributed by atoms with Crippen LogP contribution in [0.1, 0.15) is 34.4 Å². The Morgan fingerprint density at radius 2 is 1.76 bits per heavy atom. The number of hydrogen-bond acceptors (Lipinski definition) is 3. The predicted molar refractivity (Wildman–Crippen MR) is 121 cm³/mol. The van der Waals surface area contributed by atoms with E-state index in [0.29, 0.717) is 5.91 Å². The summed E-state index contributed by atoms with van der Waals surface area (Å²) < 4.78 is 0. The van der Waals surface area contributed by atoms with E-state index in [1.807, 2.05) is 11.3 Å². The lowest BCUT2D eigenvalue weighted by atomic mass is 9.94. The quantitative estimate of drug-likeness (QED) is 0.836. The van der Waals surface area contributed by atoms with E-state index in [1.54, 1.807) is 4.90 Å². The maximum Gasteiger partial charge on any atom is 0.226 e. The number of likely N-dealkylation sites (tertiary alicyclic amines) is 1. The number of nitrogens with one attached hydrogen (secondary N) is 1. The average molecular weight is 413 g/mol. The van der Waals surface area contributed by atoms with Crippen LogP contribution in [-0.2, 0) is 11.3 Å². The molecule has 5 heteroatoms. The Morgan fingerprint density at radius 1 is 1.03 bits per heavy atom. The van der Waals surface area contributed by atoms with E-state index < -0.39 is 0 Å². The maximum absolute atomic E-state index is 13.1. The van der Waals surface area contributed by atoms with Gasteiger partial charge in [-0.05, 0) is 55.0 Å². The zero-order chi connectivity index (χ0) is 20.4. The molecule has 4 rings (SSSR count). The minimum absolute atomic E-state index is 0.232. The Hall–Kier alpha value is -1.85. The molecule has 1 aromatic heterocycles. The number of carbonyl (C=O) groups is 1. The third kappa shape index (κ3) is 4.51. The summed E-state index contributed by atoms with van der Waals surface area (Å²) in [5.74, 6) is 0.632. The molecule has 156 valence electrons. The Morgan fingerprint density at radius 3 is 2.41 bits per heavy atom. The molecule has 0 radical (unpaired) electrons. The van der Waals surface area contributed by atoms with E-state index in [4.69, 9.17) is 0 Å². The molecule has 2 fully saturated rings. The van der Waals surface area contributed by atoms with E-state index >= 15 is 0 Å². The predicted octanol–water partition coefficient (Wildman–Crippen LogP) is 2.82. The molecule has 0 spiro atoms. The number of anilines is 1. The van der Waals surface area contributed by atoms with E-state index in [0.717, 1.165) is 58.7 Å². The molecular weight excluding hydrogens is 378 g/mol. The summed E-state index contributed by atoms with van der Waals surface area (Å²) >= 11 is 1.87. The molecule has 1 aromatic carbocycles. The molecule has 0 bridgehead atoms. The van der Waals surface area contributed by atoms with Crippen molar-refractivity contribution in [3.8, 4) is 0 Å². The summed E-state index contributed by atoms with van der Waals surface area (Å²) in [7, 11) is 0. The van der Waals surface area contributed by atoms with Gasteiger partial charge in [-0.1, -0.05) is 12.1 Å². The van der Waals surface area contributed by atoms with Gasteiger partial charge in [0.1, 0.15) is 6.54 Å². The van der Waals surface area contributed by atoms with E-state index in [2.05, 4.69) is 60.2 Å². The van der Waals surface area contributed by atoms with Crippen LogP contribution in [0.4, 0.5) is 5.69 Å². The molecule has 4 nitrogen and oxygen atoms in total. The maximum atomic E-state index is 13.1. The number of hydrogen-bond donors (Lipinski definition) is 1. The third-order valence-corrected chi connectivity index (χ3v) is 7.95. The lowest BCUT2D eigenvalue weighted by molar-refractivity contribution is -0.919. The van der Waals surface area contributed by atoms with Gasteiger partial charge in [0.15, 0.2) is 0 Å². The van der Waals surface area contributed by atoms with Crippen molar-refractivity contribution >= 4 is 22.9 Å². The largest absolute Gasteiger partial charge is 0.368 e. The van der Waals surface area contributed by atoms with Crippen LogP contribution in [0, 0.1) is 26.7 Å². The van der Waals surface area contributed by atoms with Crippen LogP contribution in [0.5, 0.6) is 0 Å². The van der Waals surface area contributed by atoms with Gasteiger partial charge in [0, 0.05) is 50.6 Å². The number of amides is 1. The van der Waals surface area contributed by atoms with Crippen LogP contribution in [0.25, 0.3) is 0 Å². The number of rotatable bonds is 4. The van der Waals surface area contributed by atoms with E-state index in [9.17, 15) is 4.79 Å². The summed E-state index contributed by atoms with van der Waals surface area (Å²) in [5, 5.41) is 2.19.